The SMILES string of the molecule is C/C(O)=C(\C#N)C(=O)Nc1ccc(-c2cccs2)cc1. The van der Waals surface area contributed by atoms with Gasteiger partial charge in [0.05, 0.1) is 0 Å². The van der Waals surface area contributed by atoms with Gasteiger partial charge in [-0.15, -0.1) is 11.3 Å². The Balaban J connectivity index is 2.14. The standard InChI is InChI=1S/C15H12N2O2S/c1-10(18)13(9-16)15(19)17-12-6-4-11(5-7-12)14-3-2-8-20-14/h2-8,18H,1H3,(H,17,19)/b13-10-. The van der Waals surface area contributed by atoms with Crippen LogP contribution in [0, 0.1) is 11.3 Å². The van der Waals surface area contributed by atoms with Crippen molar-refractivity contribution in [2.45, 2.75) is 6.92 Å². The van der Waals surface area contributed by atoms with Crippen LogP contribution in [0.15, 0.2) is 53.1 Å². The summed E-state index contributed by atoms with van der Waals surface area (Å²) in [4.78, 5) is 12.9. The molecule has 0 spiro atoms. The van der Waals surface area contributed by atoms with Gasteiger partial charge >= 0.3 is 0 Å². The highest BCUT2D eigenvalue weighted by molar-refractivity contribution is 7.13. The number of benzene rings is 1. The van der Waals surface area contributed by atoms with E-state index in [1.54, 1.807) is 29.5 Å². The van der Waals surface area contributed by atoms with Gasteiger partial charge in [0.25, 0.3) is 5.91 Å². The van der Waals surface area contributed by atoms with Crippen molar-refractivity contribution in [1.82, 2.24) is 0 Å². The molecular formula is C15H12N2O2S. The molecule has 1 aromatic carbocycles. The minimum absolute atomic E-state index is 0.285. The summed E-state index contributed by atoms with van der Waals surface area (Å²) >= 11 is 1.64. The smallest absolute Gasteiger partial charge is 0.269 e. The van der Waals surface area contributed by atoms with Crippen LogP contribution in [0.5, 0.6) is 0 Å². The molecule has 1 amide bonds. The van der Waals surface area contributed by atoms with Crippen LogP contribution < -0.4 is 5.32 Å². The van der Waals surface area contributed by atoms with Gasteiger partial charge in [-0.2, -0.15) is 5.26 Å². The van der Waals surface area contributed by atoms with Crippen molar-refractivity contribution in [1.29, 1.82) is 5.26 Å². The number of aliphatic hydroxyl groups excluding tert-OH is 1. The van der Waals surface area contributed by atoms with Gasteiger partial charge in [-0.05, 0) is 36.1 Å². The van der Waals surface area contributed by atoms with Crippen LogP contribution in [-0.2, 0) is 4.79 Å². The minimum Gasteiger partial charge on any atom is -0.511 e. The van der Waals surface area contributed by atoms with E-state index in [-0.39, 0.29) is 11.3 Å². The van der Waals surface area contributed by atoms with Crippen LogP contribution in [0.3, 0.4) is 0 Å². The normalized spacial score (nSPS) is 11.4. The lowest BCUT2D eigenvalue weighted by molar-refractivity contribution is -0.112. The molecule has 0 radical (unpaired) electrons. The van der Waals surface area contributed by atoms with Crippen molar-refractivity contribution >= 4 is 22.9 Å². The van der Waals surface area contributed by atoms with Gasteiger partial charge in [-0.3, -0.25) is 4.79 Å². The summed E-state index contributed by atoms with van der Waals surface area (Å²) in [5.74, 6) is -0.906. The fourth-order valence-electron chi connectivity index (χ4n) is 1.65. The lowest BCUT2D eigenvalue weighted by Crippen LogP contribution is -2.14. The highest BCUT2D eigenvalue weighted by Crippen LogP contribution is 2.25. The number of amides is 1. The summed E-state index contributed by atoms with van der Waals surface area (Å²) in [6.07, 6.45) is 0. The molecule has 2 rings (SSSR count). The topological polar surface area (TPSA) is 73.1 Å². The van der Waals surface area contributed by atoms with Crippen LogP contribution in [0.2, 0.25) is 0 Å². The van der Waals surface area contributed by atoms with Crippen LogP contribution in [0.1, 0.15) is 6.92 Å². The first-order valence-electron chi connectivity index (χ1n) is 5.87. The van der Waals surface area contributed by atoms with E-state index in [0.717, 1.165) is 10.4 Å². The first kappa shape index (κ1) is 13.8. The van der Waals surface area contributed by atoms with Gasteiger partial charge in [0.1, 0.15) is 11.8 Å². The molecule has 0 aliphatic rings. The van der Waals surface area contributed by atoms with E-state index in [9.17, 15) is 9.90 Å². The molecule has 100 valence electrons. The summed E-state index contributed by atoms with van der Waals surface area (Å²) in [7, 11) is 0. The molecule has 0 atom stereocenters. The highest BCUT2D eigenvalue weighted by Gasteiger charge is 2.12. The van der Waals surface area contributed by atoms with Crippen molar-refractivity contribution in [2.75, 3.05) is 5.32 Å². The number of anilines is 1. The Morgan fingerprint density at radius 3 is 2.50 bits per heavy atom. The van der Waals surface area contributed by atoms with Gasteiger partial charge in [0.2, 0.25) is 0 Å². The minimum atomic E-state index is -0.614. The van der Waals surface area contributed by atoms with Crippen molar-refractivity contribution in [3.8, 4) is 16.5 Å². The molecular weight excluding hydrogens is 272 g/mol. The molecule has 20 heavy (non-hydrogen) atoms. The van der Waals surface area contributed by atoms with Crippen LogP contribution >= 0.6 is 11.3 Å². The Labute approximate surface area is 120 Å². The Kier molecular flexibility index (Phi) is 4.18. The quantitative estimate of drug-likeness (QED) is 0.512. The maximum Gasteiger partial charge on any atom is 0.269 e. The van der Waals surface area contributed by atoms with Gasteiger partial charge in [-0.25, -0.2) is 0 Å². The predicted octanol–water partition coefficient (Wildman–Crippen LogP) is 3.71. The van der Waals surface area contributed by atoms with Crippen molar-refractivity contribution in [3.63, 3.8) is 0 Å². The second-order valence-electron chi connectivity index (χ2n) is 4.08. The van der Waals surface area contributed by atoms with E-state index in [1.807, 2.05) is 29.6 Å². The number of allylic oxidation sites excluding steroid dienone is 1. The molecule has 0 aliphatic carbocycles. The first-order chi connectivity index (χ1) is 9.61. The van der Waals surface area contributed by atoms with Crippen LogP contribution in [-0.4, -0.2) is 11.0 Å². The van der Waals surface area contributed by atoms with E-state index < -0.39 is 5.91 Å². The molecule has 4 nitrogen and oxygen atoms in total. The number of carbonyl (C=O) groups excluding carboxylic acids is 1. The number of nitrogens with one attached hydrogen (secondary N) is 1. The molecule has 1 heterocycles. The van der Waals surface area contributed by atoms with E-state index in [0.29, 0.717) is 5.69 Å². The predicted molar refractivity (Wildman–Crippen MR) is 79.3 cm³/mol. The Hall–Kier alpha value is -2.58. The van der Waals surface area contributed by atoms with E-state index >= 15 is 0 Å². The molecule has 0 saturated heterocycles. The Bertz CT molecular complexity index is 676. The zero-order chi connectivity index (χ0) is 14.5. The maximum absolute atomic E-state index is 11.7. The third kappa shape index (κ3) is 3.05. The first-order valence-corrected chi connectivity index (χ1v) is 6.75. The zero-order valence-corrected chi connectivity index (χ0v) is 11.6. The highest BCUT2D eigenvalue weighted by atomic mass is 32.1. The number of aliphatic hydroxyl groups is 1. The summed E-state index contributed by atoms with van der Waals surface area (Å²) in [5.41, 5.74) is 1.35. The molecule has 0 aliphatic heterocycles. The van der Waals surface area contributed by atoms with Gasteiger partial charge in [0, 0.05) is 10.6 Å². The van der Waals surface area contributed by atoms with Crippen LogP contribution in [0.4, 0.5) is 5.69 Å². The third-order valence-electron chi connectivity index (χ3n) is 2.65. The van der Waals surface area contributed by atoms with E-state index in [1.165, 1.54) is 6.92 Å². The molecule has 0 bridgehead atoms. The van der Waals surface area contributed by atoms with Gasteiger partial charge < -0.3 is 10.4 Å². The largest absolute Gasteiger partial charge is 0.511 e. The van der Waals surface area contributed by atoms with Crippen molar-refractivity contribution in [3.05, 3.63) is 53.1 Å². The van der Waals surface area contributed by atoms with Crippen molar-refractivity contribution in [2.24, 2.45) is 0 Å². The molecule has 1 aromatic heterocycles. The summed E-state index contributed by atoms with van der Waals surface area (Å²) in [6, 6.07) is 13.0. The maximum atomic E-state index is 11.7. The molecule has 0 fully saturated rings. The average Bonchev–Trinajstić information content (AvgIpc) is 2.94. The number of thiophene rings is 1. The number of hydrogen-bond donors (Lipinski definition) is 2. The van der Waals surface area contributed by atoms with E-state index in [2.05, 4.69) is 5.32 Å². The molecule has 5 heteroatoms. The number of nitrogens with zero attached hydrogens (tertiary/aromatic N) is 1. The number of hydrogen-bond acceptors (Lipinski definition) is 4. The van der Waals surface area contributed by atoms with Crippen LogP contribution in [0.25, 0.3) is 10.4 Å². The summed E-state index contributed by atoms with van der Waals surface area (Å²) in [6.45, 7) is 1.30. The lowest BCUT2D eigenvalue weighted by atomic mass is 10.1. The molecule has 2 aromatic rings. The lowest BCUT2D eigenvalue weighted by Gasteiger charge is -2.05. The fourth-order valence-corrected chi connectivity index (χ4v) is 2.38. The number of carbonyl (C=O) groups is 1. The second kappa shape index (κ2) is 6.04. The average molecular weight is 284 g/mol. The molecule has 2 N–H and O–H groups in total. The fraction of sp³-hybridized carbons (Fsp3) is 0.0667. The number of rotatable bonds is 3. The van der Waals surface area contributed by atoms with Gasteiger partial charge in [0.15, 0.2) is 5.57 Å². The summed E-state index contributed by atoms with van der Waals surface area (Å²) < 4.78 is 0. The summed E-state index contributed by atoms with van der Waals surface area (Å²) in [5, 5.41) is 22.6. The Morgan fingerprint density at radius 1 is 1.30 bits per heavy atom. The van der Waals surface area contributed by atoms with Crippen molar-refractivity contribution < 1.29 is 9.90 Å². The third-order valence-corrected chi connectivity index (χ3v) is 3.57. The number of nitriles is 1. The monoisotopic (exact) mass is 284 g/mol. The molecule has 0 saturated carbocycles. The van der Waals surface area contributed by atoms with Gasteiger partial charge in [-0.1, -0.05) is 18.2 Å². The molecule has 0 unspecified atom stereocenters. The zero-order valence-electron chi connectivity index (χ0n) is 10.8. The second-order valence-corrected chi connectivity index (χ2v) is 5.03. The Morgan fingerprint density at radius 2 is 2.00 bits per heavy atom. The van der Waals surface area contributed by atoms with E-state index in [4.69, 9.17) is 5.26 Å².